The highest BCUT2D eigenvalue weighted by Crippen LogP contribution is 2.37. The molecule has 0 aliphatic carbocycles. The highest BCUT2D eigenvalue weighted by atomic mass is 32.2. The predicted molar refractivity (Wildman–Crippen MR) is 156 cm³/mol. The predicted octanol–water partition coefficient (Wildman–Crippen LogP) is 2.75. The van der Waals surface area contributed by atoms with Gasteiger partial charge in [0.25, 0.3) is 11.5 Å². The summed E-state index contributed by atoms with van der Waals surface area (Å²) < 4.78 is 38.0. The summed E-state index contributed by atoms with van der Waals surface area (Å²) in [6.07, 6.45) is 5.89. The molecule has 0 atom stereocenters. The van der Waals surface area contributed by atoms with Crippen molar-refractivity contribution < 1.29 is 22.7 Å². The first-order valence-corrected chi connectivity index (χ1v) is 14.2. The van der Waals surface area contributed by atoms with Crippen LogP contribution in [0.4, 0.5) is 5.69 Å². The Morgan fingerprint density at radius 2 is 1.75 bits per heavy atom. The Morgan fingerprint density at radius 1 is 1.05 bits per heavy atom. The number of nitrogens with one attached hydrogen (secondary N) is 3. The first-order chi connectivity index (χ1) is 18.7. The fourth-order valence-corrected chi connectivity index (χ4v) is 4.58. The van der Waals surface area contributed by atoms with Gasteiger partial charge in [-0.25, -0.2) is 13.2 Å². The summed E-state index contributed by atoms with van der Waals surface area (Å²) in [6.45, 7) is 6.60. The van der Waals surface area contributed by atoms with Gasteiger partial charge >= 0.3 is 5.69 Å². The molecular weight excluding hydrogens is 536 g/mol. The van der Waals surface area contributed by atoms with Gasteiger partial charge in [-0.2, -0.15) is 0 Å². The van der Waals surface area contributed by atoms with Crippen molar-refractivity contribution in [2.24, 2.45) is 0 Å². The van der Waals surface area contributed by atoms with Crippen molar-refractivity contribution in [1.29, 1.82) is 0 Å². The van der Waals surface area contributed by atoms with Crippen molar-refractivity contribution in [3.63, 3.8) is 0 Å². The number of methoxy groups -OCH3 is 2. The van der Waals surface area contributed by atoms with Crippen LogP contribution in [0.1, 0.15) is 47.8 Å². The molecule has 0 aliphatic heterocycles. The van der Waals surface area contributed by atoms with Gasteiger partial charge < -0.3 is 14.8 Å². The number of hydrogen-bond acceptors (Lipinski definition) is 7. The molecule has 12 heteroatoms. The summed E-state index contributed by atoms with van der Waals surface area (Å²) in [5, 5.41) is 2.75. The fraction of sp³-hybridized carbons (Fsp3) is 0.321. The third kappa shape index (κ3) is 7.70. The third-order valence-electron chi connectivity index (χ3n) is 5.85. The van der Waals surface area contributed by atoms with Crippen LogP contribution in [-0.2, 0) is 20.2 Å². The van der Waals surface area contributed by atoms with Crippen LogP contribution < -0.4 is 26.0 Å². The molecule has 0 bridgehead atoms. The molecule has 214 valence electrons. The summed E-state index contributed by atoms with van der Waals surface area (Å²) in [5.74, 6) is 0.163. The SMILES string of the molecule is COCCNC(=O)c1cc(NS(C)(=O)=O)ccc1/C=C/c1cc(-n2ccc(=O)[nH]c2=O)cc(C(C)(C)C)c1OC. The van der Waals surface area contributed by atoms with E-state index in [4.69, 9.17) is 9.47 Å². The van der Waals surface area contributed by atoms with E-state index < -0.39 is 27.2 Å². The quantitative estimate of drug-likeness (QED) is 0.251. The van der Waals surface area contributed by atoms with Crippen LogP contribution in [-0.4, -0.2) is 57.5 Å². The van der Waals surface area contributed by atoms with E-state index in [-0.39, 0.29) is 23.2 Å². The van der Waals surface area contributed by atoms with Crippen molar-refractivity contribution in [3.8, 4) is 11.4 Å². The summed E-state index contributed by atoms with van der Waals surface area (Å²) in [4.78, 5) is 39.5. The molecule has 3 N–H and O–H groups in total. The normalized spacial score (nSPS) is 11.9. The molecule has 0 radical (unpaired) electrons. The smallest absolute Gasteiger partial charge is 0.332 e. The standard InChI is InChI=1S/C28H34N4O7S/c1-28(2,3)23-17-21(32-13-11-24(33)30-27(32)35)15-19(25(23)39-5)8-7-18-9-10-20(31-40(6,36)37)16-22(18)26(34)29-12-14-38-4/h7-11,13,15-17,31H,12,14H2,1-6H3,(H,29,34)(H,30,33,35)/b8-7+. The average molecular weight is 571 g/mol. The van der Waals surface area contributed by atoms with Gasteiger partial charge in [0, 0.05) is 48.3 Å². The molecule has 1 aromatic heterocycles. The molecule has 0 aliphatic rings. The van der Waals surface area contributed by atoms with E-state index in [1.165, 1.54) is 30.0 Å². The van der Waals surface area contributed by atoms with Crippen LogP contribution in [0.15, 0.2) is 52.2 Å². The lowest BCUT2D eigenvalue weighted by Crippen LogP contribution is -2.28. The number of nitrogens with zero attached hydrogens (tertiary/aromatic N) is 1. The molecule has 3 aromatic rings. The summed E-state index contributed by atoms with van der Waals surface area (Å²) in [6, 6.07) is 9.47. The van der Waals surface area contributed by atoms with E-state index in [9.17, 15) is 22.8 Å². The van der Waals surface area contributed by atoms with Crippen molar-refractivity contribution in [2.75, 3.05) is 38.3 Å². The Hall–Kier alpha value is -4.16. The second kappa shape index (κ2) is 12.3. The Kier molecular flexibility index (Phi) is 9.38. The van der Waals surface area contributed by atoms with Gasteiger partial charge in [-0.1, -0.05) is 39.0 Å². The first-order valence-electron chi connectivity index (χ1n) is 12.4. The number of H-pyrrole nitrogens is 1. The van der Waals surface area contributed by atoms with Crippen LogP contribution in [0, 0.1) is 0 Å². The molecule has 3 rings (SSSR count). The zero-order valence-corrected chi connectivity index (χ0v) is 24.1. The molecule has 0 spiro atoms. The van der Waals surface area contributed by atoms with Gasteiger partial charge in [-0.3, -0.25) is 23.9 Å². The number of aromatic amines is 1. The molecule has 0 unspecified atom stereocenters. The van der Waals surface area contributed by atoms with Crippen LogP contribution in [0.3, 0.4) is 0 Å². The number of sulfonamides is 1. The lowest BCUT2D eigenvalue weighted by molar-refractivity contribution is 0.0937. The number of benzene rings is 2. The molecule has 11 nitrogen and oxygen atoms in total. The highest BCUT2D eigenvalue weighted by molar-refractivity contribution is 7.92. The summed E-state index contributed by atoms with van der Waals surface area (Å²) in [5.41, 5.74) is 1.47. The Labute approximate surface area is 232 Å². The maximum Gasteiger partial charge on any atom is 0.332 e. The minimum atomic E-state index is -3.56. The minimum Gasteiger partial charge on any atom is -0.496 e. The molecule has 2 aromatic carbocycles. The van der Waals surface area contributed by atoms with Gasteiger partial charge in [0.05, 0.1) is 25.7 Å². The first kappa shape index (κ1) is 30.4. The number of hydrogen-bond donors (Lipinski definition) is 3. The second-order valence-electron chi connectivity index (χ2n) is 10.1. The Balaban J connectivity index is 2.18. The van der Waals surface area contributed by atoms with Crippen molar-refractivity contribution in [2.45, 2.75) is 26.2 Å². The number of rotatable bonds is 10. The maximum absolute atomic E-state index is 13.0. The van der Waals surface area contributed by atoms with E-state index in [0.29, 0.717) is 29.2 Å². The third-order valence-corrected chi connectivity index (χ3v) is 6.46. The van der Waals surface area contributed by atoms with Crippen LogP contribution >= 0.6 is 0 Å². The molecule has 0 saturated heterocycles. The molecule has 1 amide bonds. The summed E-state index contributed by atoms with van der Waals surface area (Å²) in [7, 11) is -0.491. The largest absolute Gasteiger partial charge is 0.496 e. The van der Waals surface area contributed by atoms with Gasteiger partial charge in [0.2, 0.25) is 10.0 Å². The zero-order valence-electron chi connectivity index (χ0n) is 23.3. The Bertz CT molecular complexity index is 1650. The van der Waals surface area contributed by atoms with Gasteiger partial charge in [-0.05, 0) is 35.2 Å². The topological polar surface area (TPSA) is 149 Å². The van der Waals surface area contributed by atoms with Crippen LogP contribution in [0.2, 0.25) is 0 Å². The lowest BCUT2D eigenvalue weighted by atomic mass is 9.84. The van der Waals surface area contributed by atoms with Crippen LogP contribution in [0.5, 0.6) is 5.75 Å². The fourth-order valence-electron chi connectivity index (χ4n) is 4.02. The van der Waals surface area contributed by atoms with E-state index >= 15 is 0 Å². The van der Waals surface area contributed by atoms with Crippen molar-refractivity contribution >= 4 is 33.8 Å². The van der Waals surface area contributed by atoms with Crippen LogP contribution in [0.25, 0.3) is 17.8 Å². The number of aromatic nitrogens is 2. The monoisotopic (exact) mass is 570 g/mol. The zero-order chi connectivity index (χ0) is 29.7. The number of anilines is 1. The Morgan fingerprint density at radius 3 is 2.35 bits per heavy atom. The minimum absolute atomic E-state index is 0.239. The van der Waals surface area contributed by atoms with Crippen molar-refractivity contribution in [3.05, 3.63) is 85.7 Å². The lowest BCUT2D eigenvalue weighted by Gasteiger charge is -2.25. The van der Waals surface area contributed by atoms with Crippen molar-refractivity contribution in [1.82, 2.24) is 14.9 Å². The second-order valence-corrected chi connectivity index (χ2v) is 11.9. The average Bonchev–Trinajstić information content (AvgIpc) is 2.86. The molecule has 40 heavy (non-hydrogen) atoms. The van der Waals surface area contributed by atoms with E-state index in [2.05, 4.69) is 15.0 Å². The van der Waals surface area contributed by atoms with Gasteiger partial charge in [0.15, 0.2) is 0 Å². The molecular formula is C28H34N4O7S. The van der Waals surface area contributed by atoms with Gasteiger partial charge in [0.1, 0.15) is 5.75 Å². The molecule has 0 fully saturated rings. The molecule has 1 heterocycles. The maximum atomic E-state index is 13.0. The number of amides is 1. The number of carbonyl (C=O) groups is 1. The van der Waals surface area contributed by atoms with E-state index in [1.807, 2.05) is 26.8 Å². The number of carbonyl (C=O) groups excluding carboxylic acids is 1. The highest BCUT2D eigenvalue weighted by Gasteiger charge is 2.23. The van der Waals surface area contributed by atoms with E-state index in [1.54, 1.807) is 37.5 Å². The number of ether oxygens (including phenoxy) is 2. The summed E-state index contributed by atoms with van der Waals surface area (Å²) >= 11 is 0. The van der Waals surface area contributed by atoms with E-state index in [0.717, 1.165) is 11.8 Å². The van der Waals surface area contributed by atoms with Gasteiger partial charge in [-0.15, -0.1) is 0 Å². The molecule has 0 saturated carbocycles.